The maximum Gasteiger partial charge on any atom is 0.242 e. The van der Waals surface area contributed by atoms with Crippen LogP contribution in [0.4, 0.5) is 0 Å². The number of hydrogen-bond acceptors (Lipinski definition) is 2. The third-order valence-corrected chi connectivity index (χ3v) is 4.65. The van der Waals surface area contributed by atoms with Crippen molar-refractivity contribution in [2.24, 2.45) is 0 Å². The van der Waals surface area contributed by atoms with Gasteiger partial charge in [-0.15, -0.1) is 0 Å². The monoisotopic (exact) mass is 352 g/mol. The second kappa shape index (κ2) is 8.65. The van der Waals surface area contributed by atoms with Crippen LogP contribution >= 0.6 is 0 Å². The molecule has 0 bridgehead atoms. The standard InChI is InChI=1S/C22H28N2O2/c1-15-10-16(2)12-19(11-15)13-21(25)24(18(4)22(26)23-5)14-20-9-7-6-8-17(20)3/h6-12,18H,13-14H2,1-5H3,(H,23,26)/t18-/m1/s1. The number of likely N-dealkylation sites (N-methyl/N-ethyl adjacent to an activating group) is 1. The first-order valence-corrected chi connectivity index (χ1v) is 8.94. The van der Waals surface area contributed by atoms with Crippen LogP contribution in [-0.2, 0) is 22.6 Å². The Morgan fingerprint density at radius 3 is 2.23 bits per heavy atom. The summed E-state index contributed by atoms with van der Waals surface area (Å²) in [5.74, 6) is -0.207. The van der Waals surface area contributed by atoms with E-state index in [0.29, 0.717) is 6.54 Å². The van der Waals surface area contributed by atoms with Crippen molar-refractivity contribution in [3.05, 3.63) is 70.3 Å². The number of benzene rings is 2. The Morgan fingerprint density at radius 1 is 1.04 bits per heavy atom. The summed E-state index contributed by atoms with van der Waals surface area (Å²) in [5, 5.41) is 2.65. The third kappa shape index (κ3) is 4.94. The van der Waals surface area contributed by atoms with Gasteiger partial charge in [-0.25, -0.2) is 0 Å². The minimum Gasteiger partial charge on any atom is -0.357 e. The maximum atomic E-state index is 13.1. The predicted molar refractivity (Wildman–Crippen MR) is 105 cm³/mol. The lowest BCUT2D eigenvalue weighted by Gasteiger charge is -2.29. The van der Waals surface area contributed by atoms with Gasteiger partial charge in [0.25, 0.3) is 0 Å². The van der Waals surface area contributed by atoms with Gasteiger partial charge in [0.05, 0.1) is 6.42 Å². The summed E-state index contributed by atoms with van der Waals surface area (Å²) in [6, 6.07) is 13.6. The van der Waals surface area contributed by atoms with Crippen LogP contribution in [0.15, 0.2) is 42.5 Å². The molecule has 0 saturated heterocycles. The molecule has 138 valence electrons. The van der Waals surface area contributed by atoms with Crippen molar-refractivity contribution < 1.29 is 9.59 Å². The molecule has 0 fully saturated rings. The van der Waals surface area contributed by atoms with Gasteiger partial charge in [0.2, 0.25) is 11.8 Å². The first kappa shape index (κ1) is 19.7. The molecule has 0 heterocycles. The normalized spacial score (nSPS) is 11.7. The number of carbonyl (C=O) groups excluding carboxylic acids is 2. The lowest BCUT2D eigenvalue weighted by atomic mass is 10.0. The lowest BCUT2D eigenvalue weighted by Crippen LogP contribution is -2.47. The Hall–Kier alpha value is -2.62. The summed E-state index contributed by atoms with van der Waals surface area (Å²) in [7, 11) is 1.60. The van der Waals surface area contributed by atoms with Gasteiger partial charge in [-0.05, 0) is 44.4 Å². The highest BCUT2D eigenvalue weighted by Crippen LogP contribution is 2.16. The van der Waals surface area contributed by atoms with Crippen LogP contribution in [-0.4, -0.2) is 29.8 Å². The van der Waals surface area contributed by atoms with Crippen molar-refractivity contribution >= 4 is 11.8 Å². The number of nitrogens with one attached hydrogen (secondary N) is 1. The Balaban J connectivity index is 2.28. The molecule has 0 aliphatic heterocycles. The van der Waals surface area contributed by atoms with E-state index in [2.05, 4.69) is 11.4 Å². The van der Waals surface area contributed by atoms with Crippen LogP contribution in [0, 0.1) is 20.8 Å². The Kier molecular flexibility index (Phi) is 6.56. The topological polar surface area (TPSA) is 49.4 Å². The number of amides is 2. The molecule has 2 rings (SSSR count). The Morgan fingerprint density at radius 2 is 1.65 bits per heavy atom. The van der Waals surface area contributed by atoms with E-state index >= 15 is 0 Å². The van der Waals surface area contributed by atoms with Crippen molar-refractivity contribution in [3.63, 3.8) is 0 Å². The van der Waals surface area contributed by atoms with Crippen molar-refractivity contribution in [3.8, 4) is 0 Å². The zero-order valence-electron chi connectivity index (χ0n) is 16.3. The number of hydrogen-bond donors (Lipinski definition) is 1. The quantitative estimate of drug-likeness (QED) is 0.867. The third-order valence-electron chi connectivity index (χ3n) is 4.65. The van der Waals surface area contributed by atoms with Gasteiger partial charge in [-0.2, -0.15) is 0 Å². The second-order valence-electron chi connectivity index (χ2n) is 6.91. The molecule has 1 atom stereocenters. The van der Waals surface area contributed by atoms with Crippen LogP contribution in [0.25, 0.3) is 0 Å². The fraction of sp³-hybridized carbons (Fsp3) is 0.364. The van der Waals surface area contributed by atoms with E-state index in [-0.39, 0.29) is 18.2 Å². The molecule has 4 heteroatoms. The first-order valence-electron chi connectivity index (χ1n) is 8.94. The van der Waals surface area contributed by atoms with Crippen molar-refractivity contribution in [1.82, 2.24) is 10.2 Å². The molecule has 2 aromatic rings. The molecule has 0 aliphatic carbocycles. The van der Waals surface area contributed by atoms with E-state index in [1.165, 1.54) is 0 Å². The minimum atomic E-state index is -0.530. The van der Waals surface area contributed by atoms with Crippen LogP contribution in [0.1, 0.15) is 34.7 Å². The second-order valence-corrected chi connectivity index (χ2v) is 6.91. The molecule has 2 amide bonds. The van der Waals surface area contributed by atoms with Crippen molar-refractivity contribution in [2.75, 3.05) is 7.05 Å². The molecule has 0 spiro atoms. The first-order chi connectivity index (χ1) is 12.3. The van der Waals surface area contributed by atoms with Gasteiger partial charge in [0, 0.05) is 13.6 Å². The molecule has 0 radical (unpaired) electrons. The number of rotatable bonds is 6. The SMILES string of the molecule is CNC(=O)[C@@H](C)N(Cc1ccccc1C)C(=O)Cc1cc(C)cc(C)c1. The predicted octanol–water partition coefficient (Wildman–Crippen LogP) is 3.32. The number of aryl methyl sites for hydroxylation is 3. The zero-order chi connectivity index (χ0) is 19.3. The summed E-state index contributed by atoms with van der Waals surface area (Å²) in [6.07, 6.45) is 0.287. The Bertz CT molecular complexity index is 778. The van der Waals surface area contributed by atoms with Gasteiger partial charge >= 0.3 is 0 Å². The van der Waals surface area contributed by atoms with E-state index in [1.807, 2.05) is 57.2 Å². The van der Waals surface area contributed by atoms with Crippen LogP contribution < -0.4 is 5.32 Å². The summed E-state index contributed by atoms with van der Waals surface area (Å²) in [6.45, 7) is 8.27. The Labute approximate surface area is 156 Å². The van der Waals surface area contributed by atoms with E-state index in [9.17, 15) is 9.59 Å². The average Bonchev–Trinajstić information content (AvgIpc) is 2.58. The minimum absolute atomic E-state index is 0.0469. The molecule has 0 aromatic heterocycles. The molecular weight excluding hydrogens is 324 g/mol. The van der Waals surface area contributed by atoms with E-state index in [1.54, 1.807) is 18.9 Å². The lowest BCUT2D eigenvalue weighted by molar-refractivity contribution is -0.139. The summed E-state index contributed by atoms with van der Waals surface area (Å²) < 4.78 is 0. The highest BCUT2D eigenvalue weighted by atomic mass is 16.2. The summed E-state index contributed by atoms with van der Waals surface area (Å²) >= 11 is 0. The van der Waals surface area contributed by atoms with Crippen molar-refractivity contribution in [1.29, 1.82) is 0 Å². The highest BCUT2D eigenvalue weighted by Gasteiger charge is 2.25. The fourth-order valence-corrected chi connectivity index (χ4v) is 3.21. The molecule has 26 heavy (non-hydrogen) atoms. The van der Waals surface area contributed by atoms with Gasteiger partial charge in [0.15, 0.2) is 0 Å². The van der Waals surface area contributed by atoms with Gasteiger partial charge in [-0.1, -0.05) is 53.6 Å². The smallest absolute Gasteiger partial charge is 0.242 e. The maximum absolute atomic E-state index is 13.1. The molecule has 0 aliphatic rings. The van der Waals surface area contributed by atoms with Crippen LogP contribution in [0.2, 0.25) is 0 Å². The molecule has 0 unspecified atom stereocenters. The molecule has 2 aromatic carbocycles. The zero-order valence-corrected chi connectivity index (χ0v) is 16.3. The van der Waals surface area contributed by atoms with Crippen molar-refractivity contribution in [2.45, 2.75) is 46.7 Å². The van der Waals surface area contributed by atoms with E-state index in [0.717, 1.165) is 27.8 Å². The summed E-state index contributed by atoms with van der Waals surface area (Å²) in [5.41, 5.74) is 5.42. The average molecular weight is 352 g/mol. The number of nitrogens with zero attached hydrogens (tertiary/aromatic N) is 1. The van der Waals surface area contributed by atoms with E-state index in [4.69, 9.17) is 0 Å². The van der Waals surface area contributed by atoms with Crippen LogP contribution in [0.3, 0.4) is 0 Å². The molecule has 4 nitrogen and oxygen atoms in total. The summed E-state index contributed by atoms with van der Waals surface area (Å²) in [4.78, 5) is 26.9. The highest BCUT2D eigenvalue weighted by molar-refractivity contribution is 5.88. The number of carbonyl (C=O) groups is 2. The van der Waals surface area contributed by atoms with E-state index < -0.39 is 6.04 Å². The largest absolute Gasteiger partial charge is 0.357 e. The molecular formula is C22H28N2O2. The molecule has 1 N–H and O–H groups in total. The molecule has 0 saturated carbocycles. The van der Waals surface area contributed by atoms with Crippen LogP contribution in [0.5, 0.6) is 0 Å². The fourth-order valence-electron chi connectivity index (χ4n) is 3.21. The van der Waals surface area contributed by atoms with Gasteiger partial charge in [-0.3, -0.25) is 9.59 Å². The van der Waals surface area contributed by atoms with Gasteiger partial charge in [0.1, 0.15) is 6.04 Å². The van der Waals surface area contributed by atoms with Gasteiger partial charge < -0.3 is 10.2 Å².